The van der Waals surface area contributed by atoms with E-state index in [1.54, 1.807) is 0 Å². The van der Waals surface area contributed by atoms with Crippen LogP contribution in [0.5, 0.6) is 0 Å². The van der Waals surface area contributed by atoms with E-state index in [2.05, 4.69) is 11.8 Å². The SMILES string of the molecule is O=[N+]([O-])c1ccc(C#CCCCCCCO)c(C(F)(F)F)c1. The normalized spacial score (nSPS) is 10.9. The molecule has 0 atom stereocenters. The van der Waals surface area contributed by atoms with Crippen molar-refractivity contribution < 1.29 is 23.2 Å². The van der Waals surface area contributed by atoms with Crippen LogP contribution in [0.15, 0.2) is 18.2 Å². The smallest absolute Gasteiger partial charge is 0.396 e. The number of halogens is 3. The minimum Gasteiger partial charge on any atom is -0.396 e. The maximum absolute atomic E-state index is 12.9. The molecule has 0 aliphatic rings. The van der Waals surface area contributed by atoms with Gasteiger partial charge in [0.2, 0.25) is 0 Å². The molecule has 0 heterocycles. The van der Waals surface area contributed by atoms with Crippen molar-refractivity contribution >= 4 is 5.69 Å². The second-order valence-corrected chi connectivity index (χ2v) is 4.67. The number of alkyl halides is 3. The van der Waals surface area contributed by atoms with Crippen LogP contribution in [0.4, 0.5) is 18.9 Å². The number of hydrogen-bond acceptors (Lipinski definition) is 3. The van der Waals surface area contributed by atoms with Crippen LogP contribution in [0.1, 0.15) is 43.2 Å². The van der Waals surface area contributed by atoms with Gasteiger partial charge in [-0.1, -0.05) is 24.7 Å². The number of unbranched alkanes of at least 4 members (excludes halogenated alkanes) is 4. The number of nitro groups is 1. The Labute approximate surface area is 126 Å². The van der Waals surface area contributed by atoms with Crippen LogP contribution in [0.3, 0.4) is 0 Å². The minimum absolute atomic E-state index is 0.128. The van der Waals surface area contributed by atoms with Gasteiger partial charge in [0, 0.05) is 30.7 Å². The molecule has 0 aromatic heterocycles. The molecule has 1 rings (SSSR count). The average Bonchev–Trinajstić information content (AvgIpc) is 2.45. The number of aliphatic hydroxyl groups excluding tert-OH is 1. The van der Waals surface area contributed by atoms with Gasteiger partial charge in [-0.25, -0.2) is 0 Å². The van der Waals surface area contributed by atoms with Crippen LogP contribution < -0.4 is 0 Å². The quantitative estimate of drug-likeness (QED) is 0.375. The fourth-order valence-corrected chi connectivity index (χ4v) is 1.83. The van der Waals surface area contributed by atoms with Crippen molar-refractivity contribution in [1.82, 2.24) is 0 Å². The summed E-state index contributed by atoms with van der Waals surface area (Å²) in [4.78, 5) is 9.69. The van der Waals surface area contributed by atoms with E-state index in [1.165, 1.54) is 0 Å². The molecular weight excluding hydrogens is 299 g/mol. The van der Waals surface area contributed by atoms with Gasteiger partial charge in [-0.05, 0) is 18.9 Å². The van der Waals surface area contributed by atoms with Crippen LogP contribution in [0.2, 0.25) is 0 Å². The van der Waals surface area contributed by atoms with Crippen LogP contribution >= 0.6 is 0 Å². The molecular formula is C15H16F3NO3. The third-order valence-corrected chi connectivity index (χ3v) is 2.95. The van der Waals surface area contributed by atoms with Gasteiger partial charge in [0.1, 0.15) is 0 Å². The van der Waals surface area contributed by atoms with Crippen molar-refractivity contribution in [3.8, 4) is 11.8 Å². The molecule has 7 heteroatoms. The first kappa shape index (κ1) is 18.0. The fourth-order valence-electron chi connectivity index (χ4n) is 1.83. The predicted octanol–water partition coefficient (Wildman–Crippen LogP) is 3.91. The first-order valence-electron chi connectivity index (χ1n) is 6.81. The molecule has 0 aliphatic carbocycles. The topological polar surface area (TPSA) is 63.4 Å². The number of nitro benzene ring substituents is 1. The summed E-state index contributed by atoms with van der Waals surface area (Å²) >= 11 is 0. The first-order valence-corrected chi connectivity index (χ1v) is 6.81. The molecule has 1 aromatic rings. The molecule has 0 aliphatic heterocycles. The number of nitrogens with zero attached hydrogens (tertiary/aromatic N) is 1. The van der Waals surface area contributed by atoms with Crippen LogP contribution in [0.25, 0.3) is 0 Å². The van der Waals surface area contributed by atoms with E-state index >= 15 is 0 Å². The zero-order valence-corrected chi connectivity index (χ0v) is 11.8. The molecule has 1 N–H and O–H groups in total. The molecule has 120 valence electrons. The van der Waals surface area contributed by atoms with Gasteiger partial charge >= 0.3 is 6.18 Å². The third-order valence-electron chi connectivity index (χ3n) is 2.95. The van der Waals surface area contributed by atoms with E-state index in [-0.39, 0.29) is 12.2 Å². The summed E-state index contributed by atoms with van der Waals surface area (Å²) in [5.74, 6) is 5.09. The predicted molar refractivity (Wildman–Crippen MR) is 75.1 cm³/mol. The van der Waals surface area contributed by atoms with Crippen LogP contribution in [-0.2, 0) is 6.18 Å². The zero-order chi connectivity index (χ0) is 16.6. The van der Waals surface area contributed by atoms with E-state index in [0.717, 1.165) is 31.4 Å². The van der Waals surface area contributed by atoms with Gasteiger partial charge in [0.25, 0.3) is 5.69 Å². The van der Waals surface area contributed by atoms with Crippen LogP contribution in [0, 0.1) is 22.0 Å². The summed E-state index contributed by atoms with van der Waals surface area (Å²) in [7, 11) is 0. The summed E-state index contributed by atoms with van der Waals surface area (Å²) in [5, 5.41) is 19.2. The zero-order valence-electron chi connectivity index (χ0n) is 11.8. The second kappa shape index (κ2) is 8.39. The summed E-state index contributed by atoms with van der Waals surface area (Å²) in [6.07, 6.45) is -1.10. The average molecular weight is 315 g/mol. The lowest BCUT2D eigenvalue weighted by molar-refractivity contribution is -0.385. The number of aliphatic hydroxyl groups is 1. The Morgan fingerprint density at radius 3 is 2.45 bits per heavy atom. The van der Waals surface area contributed by atoms with Gasteiger partial charge in [0.15, 0.2) is 0 Å². The molecule has 22 heavy (non-hydrogen) atoms. The van der Waals surface area contributed by atoms with Gasteiger partial charge < -0.3 is 5.11 Å². The van der Waals surface area contributed by atoms with Crippen molar-refractivity contribution in [1.29, 1.82) is 0 Å². The number of hydrogen-bond donors (Lipinski definition) is 1. The summed E-state index contributed by atoms with van der Waals surface area (Å²) in [6.45, 7) is 0.128. The van der Waals surface area contributed by atoms with Crippen molar-refractivity contribution in [3.05, 3.63) is 39.4 Å². The Bertz CT molecular complexity index is 574. The van der Waals surface area contributed by atoms with Crippen molar-refractivity contribution in [2.24, 2.45) is 0 Å². The highest BCUT2D eigenvalue weighted by atomic mass is 19.4. The lowest BCUT2D eigenvalue weighted by Crippen LogP contribution is -2.08. The summed E-state index contributed by atoms with van der Waals surface area (Å²) in [6, 6.07) is 2.55. The van der Waals surface area contributed by atoms with Gasteiger partial charge in [-0.3, -0.25) is 10.1 Å². The molecule has 0 unspecified atom stereocenters. The Morgan fingerprint density at radius 2 is 1.86 bits per heavy atom. The summed E-state index contributed by atoms with van der Waals surface area (Å²) in [5.41, 5.74) is -1.95. The van der Waals surface area contributed by atoms with Gasteiger partial charge in [0.05, 0.1) is 10.5 Å². The van der Waals surface area contributed by atoms with E-state index in [0.29, 0.717) is 18.9 Å². The molecule has 4 nitrogen and oxygen atoms in total. The van der Waals surface area contributed by atoms with Crippen molar-refractivity contribution in [2.75, 3.05) is 6.61 Å². The minimum atomic E-state index is -4.68. The van der Waals surface area contributed by atoms with Crippen molar-refractivity contribution in [3.63, 3.8) is 0 Å². The molecule has 0 spiro atoms. The molecule has 0 amide bonds. The Kier molecular flexibility index (Phi) is 6.86. The maximum Gasteiger partial charge on any atom is 0.417 e. The second-order valence-electron chi connectivity index (χ2n) is 4.67. The fraction of sp³-hybridized carbons (Fsp3) is 0.467. The highest BCUT2D eigenvalue weighted by Crippen LogP contribution is 2.34. The number of non-ortho nitro benzene ring substituents is 1. The monoisotopic (exact) mass is 315 g/mol. The Hall–Kier alpha value is -2.07. The third kappa shape index (κ3) is 5.74. The maximum atomic E-state index is 12.9. The van der Waals surface area contributed by atoms with Crippen molar-refractivity contribution in [2.45, 2.75) is 38.3 Å². The molecule has 0 fully saturated rings. The largest absolute Gasteiger partial charge is 0.417 e. The molecule has 0 saturated carbocycles. The van der Waals surface area contributed by atoms with E-state index in [9.17, 15) is 23.3 Å². The Balaban J connectivity index is 2.80. The first-order chi connectivity index (χ1) is 10.4. The number of benzene rings is 1. The lowest BCUT2D eigenvalue weighted by atomic mass is 10.1. The van der Waals surface area contributed by atoms with E-state index in [1.807, 2.05) is 0 Å². The van der Waals surface area contributed by atoms with E-state index < -0.39 is 22.4 Å². The summed E-state index contributed by atoms with van der Waals surface area (Å²) < 4.78 is 38.7. The lowest BCUT2D eigenvalue weighted by Gasteiger charge is -2.08. The molecule has 1 aromatic carbocycles. The molecule has 0 saturated heterocycles. The Morgan fingerprint density at radius 1 is 1.18 bits per heavy atom. The van der Waals surface area contributed by atoms with Gasteiger partial charge in [-0.2, -0.15) is 13.2 Å². The molecule has 0 radical (unpaired) electrons. The number of rotatable bonds is 6. The van der Waals surface area contributed by atoms with E-state index in [4.69, 9.17) is 5.11 Å². The highest BCUT2D eigenvalue weighted by Gasteiger charge is 2.34. The standard InChI is InChI=1S/C15H16F3NO3/c16-15(17,18)14-11-13(19(21)22)9-8-12(14)7-5-3-1-2-4-6-10-20/h8-9,11,20H,1-4,6,10H2. The van der Waals surface area contributed by atoms with Gasteiger partial charge in [-0.15, -0.1) is 0 Å². The van der Waals surface area contributed by atoms with Crippen LogP contribution in [-0.4, -0.2) is 16.6 Å². The molecule has 0 bridgehead atoms. The highest BCUT2D eigenvalue weighted by molar-refractivity contribution is 5.49.